The van der Waals surface area contributed by atoms with E-state index in [4.69, 9.17) is 10.5 Å². The van der Waals surface area contributed by atoms with Crippen molar-refractivity contribution >= 4 is 5.69 Å². The van der Waals surface area contributed by atoms with Crippen molar-refractivity contribution in [1.82, 2.24) is 14.8 Å². The molecule has 1 heterocycles. The van der Waals surface area contributed by atoms with Crippen molar-refractivity contribution in [2.24, 2.45) is 0 Å². The molecule has 0 radical (unpaired) electrons. The highest BCUT2D eigenvalue weighted by molar-refractivity contribution is 5.47. The normalized spacial score (nSPS) is 10.6. The van der Waals surface area contributed by atoms with Crippen molar-refractivity contribution in [3.05, 3.63) is 42.0 Å². The number of ether oxygens (including phenoxy) is 1. The molecule has 17 heavy (non-hydrogen) atoms. The smallest absolute Gasteiger partial charge is 0.137 e. The number of hydrogen-bond acceptors (Lipinski definition) is 4. The molecule has 0 saturated carbocycles. The van der Waals surface area contributed by atoms with Crippen molar-refractivity contribution in [3.63, 3.8) is 0 Å². The first-order valence-corrected chi connectivity index (χ1v) is 5.50. The van der Waals surface area contributed by atoms with Gasteiger partial charge in [0, 0.05) is 25.8 Å². The van der Waals surface area contributed by atoms with Gasteiger partial charge in [0.1, 0.15) is 12.2 Å². The van der Waals surface area contributed by atoms with Crippen molar-refractivity contribution in [3.8, 4) is 0 Å². The van der Waals surface area contributed by atoms with Gasteiger partial charge in [0.15, 0.2) is 0 Å². The monoisotopic (exact) mass is 232 g/mol. The maximum absolute atomic E-state index is 5.91. The summed E-state index contributed by atoms with van der Waals surface area (Å²) in [4.78, 5) is 0. The molecule has 90 valence electrons. The third-order valence-electron chi connectivity index (χ3n) is 2.64. The van der Waals surface area contributed by atoms with Gasteiger partial charge >= 0.3 is 0 Å². The van der Waals surface area contributed by atoms with Crippen molar-refractivity contribution in [2.75, 3.05) is 19.5 Å². The fourth-order valence-corrected chi connectivity index (χ4v) is 1.66. The second kappa shape index (κ2) is 5.45. The Labute approximate surface area is 100 Å². The Hall–Kier alpha value is -1.88. The molecule has 1 aromatic carbocycles. The molecule has 0 saturated heterocycles. The summed E-state index contributed by atoms with van der Waals surface area (Å²) in [5.41, 5.74) is 7.76. The van der Waals surface area contributed by atoms with Crippen LogP contribution in [0.1, 0.15) is 11.4 Å². The second-order valence-corrected chi connectivity index (χ2v) is 3.81. The molecular weight excluding hydrogens is 216 g/mol. The Morgan fingerprint density at radius 2 is 2.18 bits per heavy atom. The van der Waals surface area contributed by atoms with Gasteiger partial charge < -0.3 is 15.0 Å². The number of hydrogen-bond donors (Lipinski definition) is 1. The first-order chi connectivity index (χ1) is 8.31. The minimum Gasteiger partial charge on any atom is -0.398 e. The number of anilines is 1. The standard InChI is InChI=1S/C12H16N4O/c1-17-7-6-16-9-14-15-12(16)8-10-4-2-3-5-11(10)13/h2-5,9H,6-8,13H2,1H3. The summed E-state index contributed by atoms with van der Waals surface area (Å²) < 4.78 is 7.03. The zero-order chi connectivity index (χ0) is 12.1. The number of benzene rings is 1. The molecule has 0 aliphatic heterocycles. The largest absolute Gasteiger partial charge is 0.398 e. The molecule has 0 spiro atoms. The van der Waals surface area contributed by atoms with Crippen LogP contribution in [0.4, 0.5) is 5.69 Å². The van der Waals surface area contributed by atoms with Gasteiger partial charge in [-0.15, -0.1) is 10.2 Å². The first-order valence-electron chi connectivity index (χ1n) is 5.50. The molecule has 2 rings (SSSR count). The van der Waals surface area contributed by atoms with Crippen LogP contribution in [0.15, 0.2) is 30.6 Å². The van der Waals surface area contributed by atoms with Crippen LogP contribution in [0.25, 0.3) is 0 Å². The highest BCUT2D eigenvalue weighted by Gasteiger charge is 2.07. The summed E-state index contributed by atoms with van der Waals surface area (Å²) in [6.07, 6.45) is 2.41. The van der Waals surface area contributed by atoms with Crippen molar-refractivity contribution in [1.29, 1.82) is 0 Å². The number of aromatic nitrogens is 3. The van der Waals surface area contributed by atoms with E-state index in [9.17, 15) is 0 Å². The molecule has 0 amide bonds. The van der Waals surface area contributed by atoms with E-state index in [-0.39, 0.29) is 0 Å². The molecule has 2 N–H and O–H groups in total. The fraction of sp³-hybridized carbons (Fsp3) is 0.333. The average molecular weight is 232 g/mol. The van der Waals surface area contributed by atoms with Crippen LogP contribution in [-0.2, 0) is 17.7 Å². The second-order valence-electron chi connectivity index (χ2n) is 3.81. The average Bonchev–Trinajstić information content (AvgIpc) is 2.77. The van der Waals surface area contributed by atoms with Crippen LogP contribution in [0.5, 0.6) is 0 Å². The summed E-state index contributed by atoms with van der Waals surface area (Å²) in [7, 11) is 1.68. The number of nitrogens with two attached hydrogens (primary N) is 1. The molecule has 0 aliphatic rings. The quantitative estimate of drug-likeness (QED) is 0.784. The maximum Gasteiger partial charge on any atom is 0.137 e. The lowest BCUT2D eigenvalue weighted by atomic mass is 10.1. The van der Waals surface area contributed by atoms with Gasteiger partial charge in [-0.3, -0.25) is 0 Å². The number of nitrogen functional groups attached to an aromatic ring is 1. The van der Waals surface area contributed by atoms with Gasteiger partial charge in [-0.05, 0) is 11.6 Å². The van der Waals surface area contributed by atoms with Gasteiger partial charge in [-0.2, -0.15) is 0 Å². The maximum atomic E-state index is 5.91. The van der Waals surface area contributed by atoms with Crippen LogP contribution in [0, 0.1) is 0 Å². The number of methoxy groups -OCH3 is 1. The van der Waals surface area contributed by atoms with Crippen LogP contribution < -0.4 is 5.73 Å². The number of rotatable bonds is 5. The number of nitrogens with zero attached hydrogens (tertiary/aromatic N) is 3. The van der Waals surface area contributed by atoms with Crippen LogP contribution >= 0.6 is 0 Å². The van der Waals surface area contributed by atoms with Gasteiger partial charge in [0.25, 0.3) is 0 Å². The highest BCUT2D eigenvalue weighted by atomic mass is 16.5. The Morgan fingerprint density at radius 3 is 2.94 bits per heavy atom. The van der Waals surface area contributed by atoms with Crippen LogP contribution in [0.3, 0.4) is 0 Å². The lowest BCUT2D eigenvalue weighted by molar-refractivity contribution is 0.186. The molecule has 0 atom stereocenters. The fourth-order valence-electron chi connectivity index (χ4n) is 1.66. The van der Waals surface area contributed by atoms with E-state index in [1.54, 1.807) is 13.4 Å². The minimum atomic E-state index is 0.648. The predicted molar refractivity (Wildman–Crippen MR) is 65.6 cm³/mol. The Kier molecular flexibility index (Phi) is 3.72. The molecule has 0 unspecified atom stereocenters. The third-order valence-corrected chi connectivity index (χ3v) is 2.64. The van der Waals surface area contributed by atoms with E-state index < -0.39 is 0 Å². The minimum absolute atomic E-state index is 0.648. The van der Waals surface area contributed by atoms with Crippen molar-refractivity contribution in [2.45, 2.75) is 13.0 Å². The zero-order valence-electron chi connectivity index (χ0n) is 9.84. The van der Waals surface area contributed by atoms with E-state index in [0.717, 1.165) is 23.6 Å². The lowest BCUT2D eigenvalue weighted by Gasteiger charge is -2.07. The Balaban J connectivity index is 2.13. The molecular formula is C12H16N4O. The predicted octanol–water partition coefficient (Wildman–Crippen LogP) is 1.10. The topological polar surface area (TPSA) is 66.0 Å². The summed E-state index contributed by atoms with van der Waals surface area (Å²) in [5, 5.41) is 8.02. The third kappa shape index (κ3) is 2.82. The summed E-state index contributed by atoms with van der Waals surface area (Å²) in [6.45, 7) is 1.40. The molecule has 5 heteroatoms. The van der Waals surface area contributed by atoms with Crippen LogP contribution in [0.2, 0.25) is 0 Å². The molecule has 0 bridgehead atoms. The SMILES string of the molecule is COCCn1cnnc1Cc1ccccc1N. The van der Waals surface area contributed by atoms with E-state index in [1.165, 1.54) is 0 Å². The molecule has 1 aromatic heterocycles. The molecule has 0 fully saturated rings. The summed E-state index contributed by atoms with van der Waals surface area (Å²) in [5.74, 6) is 0.903. The van der Waals surface area contributed by atoms with E-state index in [2.05, 4.69) is 10.2 Å². The van der Waals surface area contributed by atoms with Crippen molar-refractivity contribution < 1.29 is 4.74 Å². The summed E-state index contributed by atoms with van der Waals surface area (Å²) in [6, 6.07) is 7.80. The highest BCUT2D eigenvalue weighted by Crippen LogP contribution is 2.14. The molecule has 5 nitrogen and oxygen atoms in total. The van der Waals surface area contributed by atoms with Gasteiger partial charge in [-0.1, -0.05) is 18.2 Å². The van der Waals surface area contributed by atoms with E-state index in [1.807, 2.05) is 28.8 Å². The van der Waals surface area contributed by atoms with E-state index >= 15 is 0 Å². The first kappa shape index (κ1) is 11.6. The van der Waals surface area contributed by atoms with Gasteiger partial charge in [0.2, 0.25) is 0 Å². The Morgan fingerprint density at radius 1 is 1.35 bits per heavy atom. The van der Waals surface area contributed by atoms with Gasteiger partial charge in [0.05, 0.1) is 6.61 Å². The summed E-state index contributed by atoms with van der Waals surface area (Å²) >= 11 is 0. The number of para-hydroxylation sites is 1. The van der Waals surface area contributed by atoms with Gasteiger partial charge in [-0.25, -0.2) is 0 Å². The lowest BCUT2D eigenvalue weighted by Crippen LogP contribution is -2.08. The molecule has 0 aliphatic carbocycles. The van der Waals surface area contributed by atoms with Crippen LogP contribution in [-0.4, -0.2) is 28.5 Å². The zero-order valence-corrected chi connectivity index (χ0v) is 9.84. The molecule has 2 aromatic rings. The van der Waals surface area contributed by atoms with E-state index in [0.29, 0.717) is 13.0 Å². The Bertz CT molecular complexity index is 481.